The van der Waals surface area contributed by atoms with Crippen molar-refractivity contribution in [3.8, 4) is 0 Å². The quantitative estimate of drug-likeness (QED) is 0.888. The summed E-state index contributed by atoms with van der Waals surface area (Å²) in [6.07, 6.45) is -3.72. The number of alkyl halides is 3. The van der Waals surface area contributed by atoms with Crippen molar-refractivity contribution in [2.24, 2.45) is 5.73 Å². The molecule has 1 aliphatic heterocycles. The molecule has 124 valence electrons. The van der Waals surface area contributed by atoms with E-state index in [2.05, 4.69) is 5.32 Å². The SMILES string of the molecule is Cl.NC1(C(=O)NCc2ccccc2C(F)(F)F)CCOCC1. The largest absolute Gasteiger partial charge is 0.416 e. The van der Waals surface area contributed by atoms with E-state index in [1.165, 1.54) is 18.2 Å². The zero-order valence-electron chi connectivity index (χ0n) is 11.8. The maximum atomic E-state index is 12.8. The number of carbonyl (C=O) groups excluding carboxylic acids is 1. The third-order valence-electron chi connectivity index (χ3n) is 3.60. The number of amides is 1. The first-order chi connectivity index (χ1) is 9.83. The Morgan fingerprint density at radius 2 is 1.86 bits per heavy atom. The van der Waals surface area contributed by atoms with Crippen LogP contribution in [0.1, 0.15) is 24.0 Å². The summed E-state index contributed by atoms with van der Waals surface area (Å²) in [5.74, 6) is -0.442. The Labute approximate surface area is 132 Å². The van der Waals surface area contributed by atoms with Gasteiger partial charge in [-0.1, -0.05) is 18.2 Å². The summed E-state index contributed by atoms with van der Waals surface area (Å²) in [5.41, 5.74) is 4.19. The van der Waals surface area contributed by atoms with Crippen molar-refractivity contribution in [3.63, 3.8) is 0 Å². The number of nitrogens with one attached hydrogen (secondary N) is 1. The van der Waals surface area contributed by atoms with Crippen molar-refractivity contribution >= 4 is 18.3 Å². The summed E-state index contributed by atoms with van der Waals surface area (Å²) in [6.45, 7) is 0.556. The molecule has 4 nitrogen and oxygen atoms in total. The number of rotatable bonds is 3. The fraction of sp³-hybridized carbons (Fsp3) is 0.500. The van der Waals surface area contributed by atoms with Gasteiger partial charge in [0.1, 0.15) is 0 Å². The monoisotopic (exact) mass is 338 g/mol. The summed E-state index contributed by atoms with van der Waals surface area (Å²) >= 11 is 0. The van der Waals surface area contributed by atoms with Gasteiger partial charge < -0.3 is 15.8 Å². The molecule has 1 saturated heterocycles. The van der Waals surface area contributed by atoms with Gasteiger partial charge >= 0.3 is 6.18 Å². The molecular formula is C14H18ClF3N2O2. The zero-order chi connectivity index (χ0) is 15.5. The third-order valence-corrected chi connectivity index (χ3v) is 3.60. The van der Waals surface area contributed by atoms with Gasteiger partial charge in [0.05, 0.1) is 11.1 Å². The summed E-state index contributed by atoms with van der Waals surface area (Å²) in [4.78, 5) is 12.1. The highest BCUT2D eigenvalue weighted by atomic mass is 35.5. The summed E-state index contributed by atoms with van der Waals surface area (Å²) in [5, 5.41) is 2.50. The van der Waals surface area contributed by atoms with Gasteiger partial charge in [-0.05, 0) is 24.5 Å². The molecule has 1 amide bonds. The Bertz CT molecular complexity index is 517. The van der Waals surface area contributed by atoms with Crippen LogP contribution >= 0.6 is 12.4 Å². The van der Waals surface area contributed by atoms with Crippen molar-refractivity contribution in [2.45, 2.75) is 31.1 Å². The van der Waals surface area contributed by atoms with Gasteiger partial charge in [-0.25, -0.2) is 0 Å². The maximum absolute atomic E-state index is 12.8. The van der Waals surface area contributed by atoms with Crippen LogP contribution in [0.3, 0.4) is 0 Å². The molecule has 0 saturated carbocycles. The van der Waals surface area contributed by atoms with E-state index in [0.717, 1.165) is 6.07 Å². The summed E-state index contributed by atoms with van der Waals surface area (Å²) in [7, 11) is 0. The average molecular weight is 339 g/mol. The second-order valence-corrected chi connectivity index (χ2v) is 5.11. The lowest BCUT2D eigenvalue weighted by Gasteiger charge is -2.31. The first kappa shape index (κ1) is 18.7. The van der Waals surface area contributed by atoms with Gasteiger partial charge in [-0.3, -0.25) is 4.79 Å². The van der Waals surface area contributed by atoms with E-state index in [-0.39, 0.29) is 24.5 Å². The zero-order valence-corrected chi connectivity index (χ0v) is 12.6. The fourth-order valence-corrected chi connectivity index (χ4v) is 2.27. The first-order valence-corrected chi connectivity index (χ1v) is 6.63. The van der Waals surface area contributed by atoms with Gasteiger partial charge in [-0.15, -0.1) is 12.4 Å². The maximum Gasteiger partial charge on any atom is 0.416 e. The highest BCUT2D eigenvalue weighted by molar-refractivity contribution is 5.86. The molecule has 1 aliphatic rings. The van der Waals surface area contributed by atoms with Gasteiger partial charge in [0.15, 0.2) is 0 Å². The molecule has 0 aromatic heterocycles. The molecule has 0 atom stereocenters. The summed E-state index contributed by atoms with van der Waals surface area (Å²) < 4.78 is 43.7. The number of carbonyl (C=O) groups is 1. The Kier molecular flexibility index (Phi) is 6.22. The van der Waals surface area contributed by atoms with E-state index in [9.17, 15) is 18.0 Å². The Morgan fingerprint density at radius 3 is 2.45 bits per heavy atom. The standard InChI is InChI=1S/C14H17F3N2O2.ClH/c15-14(16,17)11-4-2-1-3-10(11)9-19-12(20)13(18)5-7-21-8-6-13;/h1-4H,5-9,18H2,(H,19,20);1H. The number of hydrogen-bond donors (Lipinski definition) is 2. The predicted octanol–water partition coefficient (Wildman–Crippen LogP) is 2.25. The minimum absolute atomic E-state index is 0. The van der Waals surface area contributed by atoms with E-state index in [1.54, 1.807) is 0 Å². The number of ether oxygens (including phenoxy) is 1. The van der Waals surface area contributed by atoms with Gasteiger partial charge in [0.25, 0.3) is 0 Å². The van der Waals surface area contributed by atoms with E-state index >= 15 is 0 Å². The molecule has 0 spiro atoms. The molecule has 0 radical (unpaired) electrons. The lowest BCUT2D eigenvalue weighted by atomic mass is 9.90. The number of nitrogens with two attached hydrogens (primary N) is 1. The normalized spacial score (nSPS) is 17.5. The van der Waals surface area contributed by atoms with Crippen LogP contribution in [0.15, 0.2) is 24.3 Å². The van der Waals surface area contributed by atoms with Crippen molar-refractivity contribution in [1.29, 1.82) is 0 Å². The molecule has 1 aromatic carbocycles. The number of halogens is 4. The minimum Gasteiger partial charge on any atom is -0.381 e. The van der Waals surface area contributed by atoms with Crippen LogP contribution in [0.2, 0.25) is 0 Å². The minimum atomic E-state index is -4.44. The highest BCUT2D eigenvalue weighted by Gasteiger charge is 2.36. The van der Waals surface area contributed by atoms with Gasteiger partial charge in [-0.2, -0.15) is 13.2 Å². The number of hydrogen-bond acceptors (Lipinski definition) is 3. The van der Waals surface area contributed by atoms with Gasteiger partial charge in [0, 0.05) is 19.8 Å². The molecule has 2 rings (SSSR count). The molecule has 0 aliphatic carbocycles. The van der Waals surface area contributed by atoms with Gasteiger partial charge in [0.2, 0.25) is 5.91 Å². The van der Waals surface area contributed by atoms with Crippen LogP contribution < -0.4 is 11.1 Å². The van der Waals surface area contributed by atoms with Crippen molar-refractivity contribution in [1.82, 2.24) is 5.32 Å². The molecule has 1 heterocycles. The van der Waals surface area contributed by atoms with Crippen LogP contribution in [-0.2, 0) is 22.3 Å². The van der Waals surface area contributed by atoms with Crippen LogP contribution in [0.25, 0.3) is 0 Å². The molecule has 0 unspecified atom stereocenters. The second kappa shape index (κ2) is 7.30. The van der Waals surface area contributed by atoms with Crippen molar-refractivity contribution in [3.05, 3.63) is 35.4 Å². The van der Waals surface area contributed by atoms with Crippen molar-refractivity contribution < 1.29 is 22.7 Å². The first-order valence-electron chi connectivity index (χ1n) is 6.63. The smallest absolute Gasteiger partial charge is 0.381 e. The Balaban J connectivity index is 0.00000242. The van der Waals surface area contributed by atoms with E-state index in [0.29, 0.717) is 26.1 Å². The molecule has 8 heteroatoms. The van der Waals surface area contributed by atoms with Crippen LogP contribution in [-0.4, -0.2) is 24.7 Å². The van der Waals surface area contributed by atoms with Crippen LogP contribution in [0, 0.1) is 0 Å². The molecular weight excluding hydrogens is 321 g/mol. The summed E-state index contributed by atoms with van der Waals surface area (Å²) in [6, 6.07) is 5.16. The molecule has 22 heavy (non-hydrogen) atoms. The second-order valence-electron chi connectivity index (χ2n) is 5.11. The lowest BCUT2D eigenvalue weighted by molar-refractivity contribution is -0.138. The average Bonchev–Trinajstić information content (AvgIpc) is 2.45. The fourth-order valence-electron chi connectivity index (χ4n) is 2.27. The Morgan fingerprint density at radius 1 is 1.27 bits per heavy atom. The van der Waals surface area contributed by atoms with Crippen LogP contribution in [0.5, 0.6) is 0 Å². The van der Waals surface area contributed by atoms with Crippen molar-refractivity contribution in [2.75, 3.05) is 13.2 Å². The Hall–Kier alpha value is -1.31. The van der Waals surface area contributed by atoms with E-state index < -0.39 is 23.2 Å². The van der Waals surface area contributed by atoms with E-state index in [1.807, 2.05) is 0 Å². The number of benzene rings is 1. The predicted molar refractivity (Wildman–Crippen MR) is 77.5 cm³/mol. The van der Waals surface area contributed by atoms with Crippen LogP contribution in [0.4, 0.5) is 13.2 Å². The molecule has 1 aromatic rings. The molecule has 1 fully saturated rings. The molecule has 0 bridgehead atoms. The van der Waals surface area contributed by atoms with E-state index in [4.69, 9.17) is 10.5 Å². The molecule has 3 N–H and O–H groups in total. The third kappa shape index (κ3) is 4.34. The topological polar surface area (TPSA) is 64.4 Å². The lowest BCUT2D eigenvalue weighted by Crippen LogP contribution is -2.56. The highest BCUT2D eigenvalue weighted by Crippen LogP contribution is 2.31.